The Labute approximate surface area is 102 Å². The molecule has 90 valence electrons. The zero-order chi connectivity index (χ0) is 12.0. The van der Waals surface area contributed by atoms with E-state index < -0.39 is 0 Å². The van der Waals surface area contributed by atoms with Gasteiger partial charge in [0.25, 0.3) is 0 Å². The van der Waals surface area contributed by atoms with E-state index in [1.165, 1.54) is 36.8 Å². The van der Waals surface area contributed by atoms with Crippen molar-refractivity contribution in [2.24, 2.45) is 10.9 Å². The second-order valence-corrected chi connectivity index (χ2v) is 5.30. The number of aryl methyl sites for hydroxylation is 1. The van der Waals surface area contributed by atoms with Gasteiger partial charge in [-0.1, -0.05) is 18.9 Å². The molecule has 1 saturated carbocycles. The summed E-state index contributed by atoms with van der Waals surface area (Å²) in [5.74, 6) is 1.57. The molecule has 2 nitrogen and oxygen atoms in total. The number of benzene rings is 1. The fourth-order valence-corrected chi connectivity index (χ4v) is 3.73. The van der Waals surface area contributed by atoms with Crippen molar-refractivity contribution >= 4 is 5.71 Å². The highest BCUT2D eigenvalue weighted by Crippen LogP contribution is 2.50. The number of phenolic OH excluding ortho intramolecular Hbond substituents is 1. The van der Waals surface area contributed by atoms with Crippen LogP contribution in [0.15, 0.2) is 17.1 Å². The number of hydrogen-bond acceptors (Lipinski definition) is 2. The summed E-state index contributed by atoms with van der Waals surface area (Å²) in [6, 6.07) is 3.86. The Balaban J connectivity index is 2.24. The molecule has 0 aliphatic heterocycles. The summed E-state index contributed by atoms with van der Waals surface area (Å²) in [6.45, 7) is 2.16. The molecule has 0 bridgehead atoms. The summed E-state index contributed by atoms with van der Waals surface area (Å²) >= 11 is 0. The third-order valence-electron chi connectivity index (χ3n) is 4.43. The standard InChI is InChI=1S/C15H19NO/c1-9-7-8-12(17)14-13(9)10-5-3-4-6-11(10)15(14)16-2/h7-8,10-11,17H,3-6H2,1-2H3. The summed E-state index contributed by atoms with van der Waals surface area (Å²) in [5.41, 5.74) is 4.87. The Morgan fingerprint density at radius 3 is 2.59 bits per heavy atom. The van der Waals surface area contributed by atoms with Crippen molar-refractivity contribution in [2.75, 3.05) is 7.05 Å². The van der Waals surface area contributed by atoms with Gasteiger partial charge in [-0.15, -0.1) is 0 Å². The van der Waals surface area contributed by atoms with Gasteiger partial charge in [0.2, 0.25) is 0 Å². The van der Waals surface area contributed by atoms with Crippen LogP contribution in [0.1, 0.15) is 48.3 Å². The first-order valence-electron chi connectivity index (χ1n) is 6.53. The lowest BCUT2D eigenvalue weighted by Gasteiger charge is -2.26. The first kappa shape index (κ1) is 10.8. The first-order valence-corrected chi connectivity index (χ1v) is 6.53. The van der Waals surface area contributed by atoms with E-state index >= 15 is 0 Å². The van der Waals surface area contributed by atoms with Gasteiger partial charge in [0.15, 0.2) is 0 Å². The smallest absolute Gasteiger partial charge is 0.124 e. The van der Waals surface area contributed by atoms with Crippen LogP contribution in [0.4, 0.5) is 0 Å². The maximum Gasteiger partial charge on any atom is 0.124 e. The molecule has 1 fully saturated rings. The van der Waals surface area contributed by atoms with Crippen LogP contribution >= 0.6 is 0 Å². The molecule has 0 saturated heterocycles. The minimum absolute atomic E-state index is 0.417. The Morgan fingerprint density at radius 1 is 1.18 bits per heavy atom. The van der Waals surface area contributed by atoms with Crippen molar-refractivity contribution in [3.63, 3.8) is 0 Å². The fourth-order valence-electron chi connectivity index (χ4n) is 3.73. The van der Waals surface area contributed by atoms with Crippen LogP contribution in [0.5, 0.6) is 5.75 Å². The lowest BCUT2D eigenvalue weighted by atomic mass is 9.78. The van der Waals surface area contributed by atoms with Gasteiger partial charge >= 0.3 is 0 Å². The molecule has 1 N–H and O–H groups in total. The predicted octanol–water partition coefficient (Wildman–Crippen LogP) is 3.41. The van der Waals surface area contributed by atoms with E-state index in [2.05, 4.69) is 11.9 Å². The van der Waals surface area contributed by atoms with Crippen LogP contribution in [-0.2, 0) is 0 Å². The number of hydrogen-bond donors (Lipinski definition) is 1. The number of rotatable bonds is 0. The molecule has 0 aromatic heterocycles. The number of aromatic hydroxyl groups is 1. The van der Waals surface area contributed by atoms with E-state index in [1.54, 1.807) is 0 Å². The Hall–Kier alpha value is -1.31. The lowest BCUT2D eigenvalue weighted by molar-refractivity contribution is 0.392. The highest BCUT2D eigenvalue weighted by Gasteiger charge is 2.41. The average molecular weight is 229 g/mol. The molecular weight excluding hydrogens is 210 g/mol. The molecule has 0 radical (unpaired) electrons. The van der Waals surface area contributed by atoms with E-state index in [9.17, 15) is 5.11 Å². The van der Waals surface area contributed by atoms with Crippen molar-refractivity contribution in [1.82, 2.24) is 0 Å². The molecule has 2 heteroatoms. The molecule has 2 unspecified atom stereocenters. The topological polar surface area (TPSA) is 32.6 Å². The van der Waals surface area contributed by atoms with E-state index in [0.717, 1.165) is 11.3 Å². The molecule has 3 rings (SSSR count). The Bertz CT molecular complexity index is 490. The summed E-state index contributed by atoms with van der Waals surface area (Å²) < 4.78 is 0. The SMILES string of the molecule is CN=C1c2c(O)ccc(C)c2C2CCCCC12. The van der Waals surface area contributed by atoms with E-state index in [-0.39, 0.29) is 0 Å². The van der Waals surface area contributed by atoms with Gasteiger partial charge in [-0.25, -0.2) is 0 Å². The van der Waals surface area contributed by atoms with E-state index in [1.807, 2.05) is 19.2 Å². The quantitative estimate of drug-likeness (QED) is 0.726. The van der Waals surface area contributed by atoms with Gasteiger partial charge < -0.3 is 5.11 Å². The van der Waals surface area contributed by atoms with Crippen molar-refractivity contribution in [2.45, 2.75) is 38.5 Å². The number of nitrogens with zero attached hydrogens (tertiary/aromatic N) is 1. The summed E-state index contributed by atoms with van der Waals surface area (Å²) in [4.78, 5) is 4.47. The highest BCUT2D eigenvalue weighted by atomic mass is 16.3. The van der Waals surface area contributed by atoms with Crippen LogP contribution in [-0.4, -0.2) is 17.9 Å². The predicted molar refractivity (Wildman–Crippen MR) is 70.0 cm³/mol. The minimum Gasteiger partial charge on any atom is -0.507 e. The maximum atomic E-state index is 10.1. The Morgan fingerprint density at radius 2 is 1.88 bits per heavy atom. The average Bonchev–Trinajstić information content (AvgIpc) is 2.69. The minimum atomic E-state index is 0.417. The third kappa shape index (κ3) is 1.43. The monoisotopic (exact) mass is 229 g/mol. The summed E-state index contributed by atoms with van der Waals surface area (Å²) in [6.07, 6.45) is 5.09. The largest absolute Gasteiger partial charge is 0.507 e. The molecule has 2 aliphatic rings. The fraction of sp³-hybridized carbons (Fsp3) is 0.533. The maximum absolute atomic E-state index is 10.1. The van der Waals surface area contributed by atoms with Gasteiger partial charge in [-0.05, 0) is 42.9 Å². The third-order valence-corrected chi connectivity index (χ3v) is 4.43. The van der Waals surface area contributed by atoms with E-state index in [4.69, 9.17) is 0 Å². The number of fused-ring (bicyclic) bond motifs is 3. The van der Waals surface area contributed by atoms with Crippen LogP contribution in [0, 0.1) is 12.8 Å². The molecular formula is C15H19NO. The van der Waals surface area contributed by atoms with Gasteiger partial charge in [0.05, 0.1) is 0 Å². The molecule has 1 aromatic carbocycles. The Kier molecular flexibility index (Phi) is 2.46. The van der Waals surface area contributed by atoms with Crippen LogP contribution in [0.25, 0.3) is 0 Å². The van der Waals surface area contributed by atoms with Crippen LogP contribution < -0.4 is 0 Å². The molecule has 2 atom stereocenters. The summed E-state index contributed by atoms with van der Waals surface area (Å²) in [5, 5.41) is 10.1. The molecule has 0 amide bonds. The zero-order valence-corrected chi connectivity index (χ0v) is 10.5. The molecule has 1 aromatic rings. The molecule has 0 spiro atoms. The van der Waals surface area contributed by atoms with E-state index in [0.29, 0.717) is 17.6 Å². The van der Waals surface area contributed by atoms with Crippen molar-refractivity contribution in [1.29, 1.82) is 0 Å². The van der Waals surface area contributed by atoms with Crippen molar-refractivity contribution in [3.05, 3.63) is 28.8 Å². The number of aliphatic imine (C=N–C) groups is 1. The van der Waals surface area contributed by atoms with Gasteiger partial charge in [0.1, 0.15) is 5.75 Å². The molecule has 17 heavy (non-hydrogen) atoms. The number of phenols is 1. The highest BCUT2D eigenvalue weighted by molar-refractivity contribution is 6.09. The van der Waals surface area contributed by atoms with Gasteiger partial charge in [-0.3, -0.25) is 4.99 Å². The molecule has 0 heterocycles. The molecule has 2 aliphatic carbocycles. The van der Waals surface area contributed by atoms with Gasteiger partial charge in [0, 0.05) is 24.2 Å². The summed E-state index contributed by atoms with van der Waals surface area (Å²) in [7, 11) is 1.86. The van der Waals surface area contributed by atoms with Crippen molar-refractivity contribution in [3.8, 4) is 5.75 Å². The van der Waals surface area contributed by atoms with Gasteiger partial charge in [-0.2, -0.15) is 0 Å². The normalized spacial score (nSPS) is 29.2. The zero-order valence-electron chi connectivity index (χ0n) is 10.5. The first-order chi connectivity index (χ1) is 8.24. The second kappa shape index (κ2) is 3.86. The van der Waals surface area contributed by atoms with Crippen molar-refractivity contribution < 1.29 is 5.11 Å². The lowest BCUT2D eigenvalue weighted by Crippen LogP contribution is -2.18. The van der Waals surface area contributed by atoms with Crippen LogP contribution in [0.2, 0.25) is 0 Å². The van der Waals surface area contributed by atoms with Crippen LogP contribution in [0.3, 0.4) is 0 Å². The second-order valence-electron chi connectivity index (χ2n) is 5.30.